The molecule has 0 saturated heterocycles. The Bertz CT molecular complexity index is 237. The van der Waals surface area contributed by atoms with Gasteiger partial charge in [0.2, 0.25) is 0 Å². The molecule has 0 atom stereocenters. The lowest BCUT2D eigenvalue weighted by molar-refractivity contribution is 0.163. The lowest BCUT2D eigenvalue weighted by Crippen LogP contribution is -2.05. The second kappa shape index (κ2) is 6.00. The molecule has 0 aliphatic carbocycles. The lowest BCUT2D eigenvalue weighted by atomic mass is 10.4. The Labute approximate surface area is 72.7 Å². The molecule has 0 saturated carbocycles. The smallest absolute Gasteiger partial charge is 0.264 e. The summed E-state index contributed by atoms with van der Waals surface area (Å²) >= 11 is 0. The molecule has 4 nitrogen and oxygen atoms in total. The van der Waals surface area contributed by atoms with E-state index in [0.29, 0.717) is 19.4 Å². The zero-order valence-corrected chi connectivity index (χ0v) is 7.51. The first-order valence-electron chi connectivity index (χ1n) is 3.52. The predicted octanol–water partition coefficient (Wildman–Crippen LogP) is 0.304. The van der Waals surface area contributed by atoms with Crippen LogP contribution in [0, 0.1) is 12.3 Å². The lowest BCUT2D eigenvalue weighted by Gasteiger charge is -1.98. The van der Waals surface area contributed by atoms with Crippen LogP contribution in [-0.2, 0) is 14.9 Å². The molecule has 0 unspecified atom stereocenters. The topological polar surface area (TPSA) is 63.6 Å². The molecule has 0 spiro atoms. The fourth-order valence-corrected chi connectivity index (χ4v) is 1.19. The van der Waals surface area contributed by atoms with Gasteiger partial charge in [-0.05, 0) is 12.8 Å². The van der Waals surface area contributed by atoms with Gasteiger partial charge in [0.25, 0.3) is 10.1 Å². The standard InChI is InChI=1S/C7H12O4S/c1-2-5-11-6-3-4-7-12(8,9)10/h1H,3-7H2,(H,8,9,10). The van der Waals surface area contributed by atoms with Crippen molar-refractivity contribution in [1.29, 1.82) is 0 Å². The third-order valence-electron chi connectivity index (χ3n) is 1.13. The Morgan fingerprint density at radius 1 is 1.42 bits per heavy atom. The van der Waals surface area contributed by atoms with Crippen molar-refractivity contribution in [3.63, 3.8) is 0 Å². The minimum absolute atomic E-state index is 0.216. The van der Waals surface area contributed by atoms with Crippen molar-refractivity contribution in [3.8, 4) is 12.3 Å². The van der Waals surface area contributed by atoms with Gasteiger partial charge in [0.15, 0.2) is 0 Å². The summed E-state index contributed by atoms with van der Waals surface area (Å²) in [5.41, 5.74) is 0. The van der Waals surface area contributed by atoms with E-state index in [2.05, 4.69) is 5.92 Å². The van der Waals surface area contributed by atoms with Crippen molar-refractivity contribution < 1.29 is 17.7 Å². The van der Waals surface area contributed by atoms with E-state index in [0.717, 1.165) is 0 Å². The molecule has 0 aliphatic rings. The van der Waals surface area contributed by atoms with Crippen molar-refractivity contribution >= 4 is 10.1 Å². The average Bonchev–Trinajstić information content (AvgIpc) is 1.94. The van der Waals surface area contributed by atoms with Gasteiger partial charge in [-0.25, -0.2) is 0 Å². The van der Waals surface area contributed by atoms with Crippen LogP contribution in [0.2, 0.25) is 0 Å². The maximum absolute atomic E-state index is 10.2. The van der Waals surface area contributed by atoms with Gasteiger partial charge in [-0.2, -0.15) is 8.42 Å². The normalized spacial score (nSPS) is 11.0. The molecular weight excluding hydrogens is 180 g/mol. The van der Waals surface area contributed by atoms with Crippen LogP contribution in [0.5, 0.6) is 0 Å². The summed E-state index contributed by atoms with van der Waals surface area (Å²) < 4.78 is 33.6. The molecular formula is C7H12O4S. The van der Waals surface area contributed by atoms with Crippen LogP contribution in [0.1, 0.15) is 12.8 Å². The maximum atomic E-state index is 10.2. The van der Waals surface area contributed by atoms with Gasteiger partial charge >= 0.3 is 0 Å². The molecule has 0 rings (SSSR count). The number of hydrogen-bond acceptors (Lipinski definition) is 3. The summed E-state index contributed by atoms with van der Waals surface area (Å²) in [5, 5.41) is 0. The first-order valence-corrected chi connectivity index (χ1v) is 5.13. The molecule has 0 bridgehead atoms. The van der Waals surface area contributed by atoms with Gasteiger partial charge in [-0.1, -0.05) is 5.92 Å². The molecule has 70 valence electrons. The Morgan fingerprint density at radius 3 is 2.58 bits per heavy atom. The molecule has 0 radical (unpaired) electrons. The molecule has 5 heteroatoms. The van der Waals surface area contributed by atoms with Gasteiger partial charge in [0.1, 0.15) is 6.61 Å². The molecule has 0 amide bonds. The van der Waals surface area contributed by atoms with Crippen LogP contribution in [-0.4, -0.2) is 31.9 Å². The van der Waals surface area contributed by atoms with Gasteiger partial charge in [0.05, 0.1) is 5.75 Å². The monoisotopic (exact) mass is 192 g/mol. The summed E-state index contributed by atoms with van der Waals surface area (Å²) in [6, 6.07) is 0. The van der Waals surface area contributed by atoms with Crippen LogP contribution in [0.15, 0.2) is 0 Å². The number of ether oxygens (including phenoxy) is 1. The second-order valence-electron chi connectivity index (χ2n) is 2.25. The van der Waals surface area contributed by atoms with E-state index < -0.39 is 10.1 Å². The summed E-state index contributed by atoms with van der Waals surface area (Å²) in [6.07, 6.45) is 5.88. The Morgan fingerprint density at radius 2 is 2.08 bits per heavy atom. The highest BCUT2D eigenvalue weighted by molar-refractivity contribution is 7.85. The zero-order chi connectivity index (χ0) is 9.45. The highest BCUT2D eigenvalue weighted by Crippen LogP contribution is 1.94. The van der Waals surface area contributed by atoms with Crippen LogP contribution in [0.25, 0.3) is 0 Å². The van der Waals surface area contributed by atoms with Crippen molar-refractivity contribution in [3.05, 3.63) is 0 Å². The maximum Gasteiger partial charge on any atom is 0.264 e. The Balaban J connectivity index is 3.18. The first kappa shape index (κ1) is 11.4. The van der Waals surface area contributed by atoms with Crippen molar-refractivity contribution in [2.24, 2.45) is 0 Å². The number of terminal acetylenes is 1. The molecule has 0 heterocycles. The molecule has 0 fully saturated rings. The minimum Gasteiger partial charge on any atom is -0.369 e. The first-order chi connectivity index (χ1) is 5.56. The van der Waals surface area contributed by atoms with Gasteiger partial charge in [0, 0.05) is 6.61 Å². The number of unbranched alkanes of at least 4 members (excludes halogenated alkanes) is 1. The van der Waals surface area contributed by atoms with Gasteiger partial charge in [-0.3, -0.25) is 4.55 Å². The zero-order valence-electron chi connectivity index (χ0n) is 6.69. The van der Waals surface area contributed by atoms with Crippen molar-refractivity contribution in [1.82, 2.24) is 0 Å². The predicted molar refractivity (Wildman–Crippen MR) is 45.3 cm³/mol. The van der Waals surface area contributed by atoms with E-state index in [4.69, 9.17) is 15.7 Å². The highest BCUT2D eigenvalue weighted by atomic mass is 32.2. The molecule has 1 N–H and O–H groups in total. The Hall–Kier alpha value is -0.570. The van der Waals surface area contributed by atoms with Gasteiger partial charge < -0.3 is 4.74 Å². The van der Waals surface area contributed by atoms with Crippen LogP contribution in [0.3, 0.4) is 0 Å². The van der Waals surface area contributed by atoms with Gasteiger partial charge in [-0.15, -0.1) is 6.42 Å². The number of rotatable bonds is 6. The van der Waals surface area contributed by atoms with Crippen molar-refractivity contribution in [2.45, 2.75) is 12.8 Å². The summed E-state index contributed by atoms with van der Waals surface area (Å²) in [7, 11) is -3.81. The van der Waals surface area contributed by atoms with E-state index in [1.807, 2.05) is 0 Å². The molecule has 0 aromatic carbocycles. The molecule has 0 aliphatic heterocycles. The molecule has 0 aromatic rings. The van der Waals surface area contributed by atoms with E-state index in [-0.39, 0.29) is 12.4 Å². The summed E-state index contributed by atoms with van der Waals surface area (Å²) in [4.78, 5) is 0. The van der Waals surface area contributed by atoms with Crippen LogP contribution >= 0.6 is 0 Å². The van der Waals surface area contributed by atoms with E-state index in [1.54, 1.807) is 0 Å². The quantitative estimate of drug-likeness (QED) is 0.373. The second-order valence-corrected chi connectivity index (χ2v) is 3.82. The summed E-state index contributed by atoms with van der Waals surface area (Å²) in [5.74, 6) is 2.07. The fraction of sp³-hybridized carbons (Fsp3) is 0.714. The Kier molecular flexibility index (Phi) is 5.72. The van der Waals surface area contributed by atoms with E-state index in [1.165, 1.54) is 0 Å². The third-order valence-corrected chi connectivity index (χ3v) is 1.93. The van der Waals surface area contributed by atoms with Crippen LogP contribution in [0.4, 0.5) is 0 Å². The molecule has 0 aromatic heterocycles. The third kappa shape index (κ3) is 9.43. The van der Waals surface area contributed by atoms with E-state index >= 15 is 0 Å². The number of hydrogen-bond donors (Lipinski definition) is 1. The van der Waals surface area contributed by atoms with Crippen LogP contribution < -0.4 is 0 Å². The van der Waals surface area contributed by atoms with E-state index in [9.17, 15) is 8.42 Å². The van der Waals surface area contributed by atoms with Crippen molar-refractivity contribution in [2.75, 3.05) is 19.0 Å². The summed E-state index contributed by atoms with van der Waals surface area (Å²) in [6.45, 7) is 0.672. The largest absolute Gasteiger partial charge is 0.369 e. The SMILES string of the molecule is C#CCOCCCCS(=O)(=O)O. The average molecular weight is 192 g/mol. The fourth-order valence-electron chi connectivity index (χ4n) is 0.620. The minimum atomic E-state index is -3.81. The molecule has 12 heavy (non-hydrogen) atoms. The highest BCUT2D eigenvalue weighted by Gasteiger charge is 2.02.